The maximum atomic E-state index is 14.5. The molecule has 1 amide bonds. The molecule has 3 aromatic rings. The second-order valence-electron chi connectivity index (χ2n) is 10.2. The summed E-state index contributed by atoms with van der Waals surface area (Å²) in [6.45, 7) is 2.68. The van der Waals surface area contributed by atoms with Crippen molar-refractivity contribution in [2.45, 2.75) is 70.7 Å². The number of rotatable bonds is 9. The third kappa shape index (κ3) is 8.97. The first-order chi connectivity index (χ1) is 21.3. The van der Waals surface area contributed by atoms with Crippen molar-refractivity contribution < 1.29 is 28.2 Å². The predicted octanol–water partition coefficient (Wildman–Crippen LogP) is 3.39. The lowest BCUT2D eigenvalue weighted by molar-refractivity contribution is -0.150. The zero-order chi connectivity index (χ0) is 31.5. The summed E-state index contributed by atoms with van der Waals surface area (Å²) < 4.78 is 35.0. The number of hydrogen-bond donors (Lipinski definition) is 4. The van der Waals surface area contributed by atoms with Crippen LogP contribution in [0.15, 0.2) is 40.6 Å². The Kier molecular flexibility index (Phi) is 12.0. The van der Waals surface area contributed by atoms with Crippen molar-refractivity contribution in [3.05, 3.63) is 58.8 Å². The van der Waals surface area contributed by atoms with Crippen LogP contribution in [-0.2, 0) is 16.3 Å². The minimum absolute atomic E-state index is 0.00138. The Hall–Kier alpha value is -4.08. The van der Waals surface area contributed by atoms with Crippen LogP contribution in [0.2, 0.25) is 0 Å². The van der Waals surface area contributed by atoms with Gasteiger partial charge >= 0.3 is 5.97 Å². The molecule has 1 atom stereocenters. The van der Waals surface area contributed by atoms with Crippen molar-refractivity contribution in [2.75, 3.05) is 13.2 Å². The summed E-state index contributed by atoms with van der Waals surface area (Å²) in [7, 11) is 0. The number of nitrogens with two attached hydrogens (primary N) is 1. The largest absolute Gasteiger partial charge is 0.441 e. The number of amides is 1. The number of ether oxygens (including phenoxy) is 1. The molecule has 44 heavy (non-hydrogen) atoms. The highest BCUT2D eigenvalue weighted by Crippen LogP contribution is 2.24. The van der Waals surface area contributed by atoms with E-state index < -0.39 is 23.4 Å². The Bertz CT molecular complexity index is 1480. The molecular formula is C29H36F2N8O4S. The molecule has 5 rings (SSSR count). The third-order valence-corrected chi connectivity index (χ3v) is 7.79. The van der Waals surface area contributed by atoms with E-state index in [9.17, 15) is 18.4 Å². The predicted molar refractivity (Wildman–Crippen MR) is 161 cm³/mol. The van der Waals surface area contributed by atoms with Gasteiger partial charge in [0.25, 0.3) is 5.91 Å². The van der Waals surface area contributed by atoms with Crippen molar-refractivity contribution in [3.8, 4) is 10.6 Å². The van der Waals surface area contributed by atoms with Crippen molar-refractivity contribution in [1.82, 2.24) is 30.4 Å². The molecule has 0 aromatic carbocycles. The monoisotopic (exact) mass is 630 g/mol. The number of aliphatic imine (C=N–C) groups is 1. The molecule has 0 spiro atoms. The van der Waals surface area contributed by atoms with E-state index >= 15 is 0 Å². The highest BCUT2D eigenvalue weighted by molar-refractivity contribution is 7.13. The van der Waals surface area contributed by atoms with Gasteiger partial charge in [0.15, 0.2) is 12.5 Å². The first-order valence-corrected chi connectivity index (χ1v) is 15.3. The second kappa shape index (κ2) is 16.1. The van der Waals surface area contributed by atoms with Gasteiger partial charge in [0, 0.05) is 30.0 Å². The molecule has 4 heterocycles. The number of allylic oxidation sites excluding steroid dienone is 1. The molecule has 236 valence electrons. The molecule has 15 heteroatoms. The number of halogens is 2. The van der Waals surface area contributed by atoms with Gasteiger partial charge in [-0.05, 0) is 51.3 Å². The second-order valence-corrected chi connectivity index (χ2v) is 11.0. The molecule has 1 aliphatic carbocycles. The van der Waals surface area contributed by atoms with Gasteiger partial charge in [-0.2, -0.15) is 9.49 Å². The number of carbonyl (C=O) groups is 2. The Labute approximate surface area is 257 Å². The van der Waals surface area contributed by atoms with E-state index in [1.807, 2.05) is 0 Å². The minimum Gasteiger partial charge on any atom is -0.441 e. The molecule has 1 aliphatic heterocycles. The van der Waals surface area contributed by atoms with Crippen LogP contribution in [0.1, 0.15) is 68.1 Å². The topological polar surface area (TPSA) is 170 Å². The molecular weight excluding hydrogens is 594 g/mol. The zero-order valence-electron chi connectivity index (χ0n) is 24.3. The molecule has 1 saturated heterocycles. The average molecular weight is 631 g/mol. The smallest absolute Gasteiger partial charge is 0.324 e. The Balaban J connectivity index is 0.00000141. The fourth-order valence-corrected chi connectivity index (χ4v) is 5.45. The summed E-state index contributed by atoms with van der Waals surface area (Å²) in [4.78, 5) is 37.8. The number of thiazole rings is 1. The maximum absolute atomic E-state index is 14.5. The van der Waals surface area contributed by atoms with Crippen LogP contribution in [0.25, 0.3) is 16.3 Å². The van der Waals surface area contributed by atoms with E-state index in [0.717, 1.165) is 63.6 Å². The summed E-state index contributed by atoms with van der Waals surface area (Å²) >= 11 is 1.22. The van der Waals surface area contributed by atoms with Crippen LogP contribution in [-0.4, -0.2) is 68.2 Å². The summed E-state index contributed by atoms with van der Waals surface area (Å²) in [5.41, 5.74) is 6.21. The number of aliphatic hydroxyl groups excluding tert-OH is 1. The van der Waals surface area contributed by atoms with Crippen LogP contribution >= 0.6 is 11.3 Å². The van der Waals surface area contributed by atoms with Crippen LogP contribution in [0.5, 0.6) is 0 Å². The highest BCUT2D eigenvalue weighted by atomic mass is 32.1. The van der Waals surface area contributed by atoms with Gasteiger partial charge in [-0.3, -0.25) is 14.6 Å². The number of carbonyl (C=O) groups excluding carboxylic acids is 2. The number of nitrogens with zero attached hydrogens (tertiary/aromatic N) is 5. The van der Waals surface area contributed by atoms with E-state index in [1.165, 1.54) is 22.2 Å². The lowest BCUT2D eigenvalue weighted by atomic mass is 9.96. The van der Waals surface area contributed by atoms with Gasteiger partial charge in [-0.25, -0.2) is 19.0 Å². The first-order valence-electron chi connectivity index (χ1n) is 14.4. The van der Waals surface area contributed by atoms with E-state index in [4.69, 9.17) is 15.6 Å². The van der Waals surface area contributed by atoms with Gasteiger partial charge in [0.05, 0.1) is 23.6 Å². The van der Waals surface area contributed by atoms with E-state index in [1.54, 1.807) is 24.7 Å². The van der Waals surface area contributed by atoms with E-state index in [-0.39, 0.29) is 48.5 Å². The molecule has 1 saturated carbocycles. The summed E-state index contributed by atoms with van der Waals surface area (Å²) in [6.07, 6.45) is 11.3. The molecule has 5 N–H and O–H groups in total. The van der Waals surface area contributed by atoms with Crippen molar-refractivity contribution in [1.29, 1.82) is 0 Å². The molecule has 1 unspecified atom stereocenters. The SMILES string of the molecule is CCO.N/C(=C(\C=NC1CCCCC1)NC(=O)c1csc(-c2cnn(COC(=O)C3CCCN3)c2)n1)c1nc(F)ccc1F. The number of pyridine rings is 1. The maximum Gasteiger partial charge on any atom is 0.324 e. The van der Waals surface area contributed by atoms with Gasteiger partial charge in [0.2, 0.25) is 5.95 Å². The molecule has 2 fully saturated rings. The van der Waals surface area contributed by atoms with E-state index in [2.05, 4.69) is 30.7 Å². The quantitative estimate of drug-likeness (QED) is 0.157. The van der Waals surface area contributed by atoms with Crippen LogP contribution in [0.4, 0.5) is 8.78 Å². The summed E-state index contributed by atoms with van der Waals surface area (Å²) in [6, 6.07) is 1.56. The van der Waals surface area contributed by atoms with Crippen molar-refractivity contribution in [3.63, 3.8) is 0 Å². The Morgan fingerprint density at radius 2 is 2.00 bits per heavy atom. The number of esters is 1. The van der Waals surface area contributed by atoms with E-state index in [0.29, 0.717) is 10.6 Å². The van der Waals surface area contributed by atoms with Gasteiger partial charge in [-0.15, -0.1) is 11.3 Å². The average Bonchev–Trinajstić information content (AvgIpc) is 3.82. The number of aromatic nitrogens is 4. The number of aliphatic hydroxyl groups is 1. The first kappa shape index (κ1) is 32.8. The number of nitrogens with one attached hydrogen (secondary N) is 2. The molecule has 0 radical (unpaired) electrons. The molecule has 12 nitrogen and oxygen atoms in total. The fraction of sp³-hybridized carbons (Fsp3) is 0.448. The standard InChI is InChI=1S/C27H30F2N8O3S.C2H6O/c28-18-8-9-22(29)36-24(18)23(30)20(12-32-17-5-2-1-3-6-17)34-25(38)21-14-41-26(35-21)16-11-33-37(13-16)15-40-27(39)19-7-4-10-31-19;1-2-3/h8-9,11-14,17,19,31H,1-7,10,15,30H2,(H,34,38);3H,2H2,1H3/b23-20+,32-12?;. The number of hydrogen-bond acceptors (Lipinski definition) is 11. The lowest BCUT2D eigenvalue weighted by Gasteiger charge is -2.18. The normalized spacial score (nSPS) is 17.6. The van der Waals surface area contributed by atoms with Crippen LogP contribution < -0.4 is 16.4 Å². The Morgan fingerprint density at radius 3 is 2.73 bits per heavy atom. The van der Waals surface area contributed by atoms with Gasteiger partial charge < -0.3 is 26.2 Å². The van der Waals surface area contributed by atoms with Crippen molar-refractivity contribution in [2.24, 2.45) is 10.7 Å². The zero-order valence-corrected chi connectivity index (χ0v) is 25.2. The molecule has 3 aromatic heterocycles. The summed E-state index contributed by atoms with van der Waals surface area (Å²) in [5, 5.41) is 19.6. The molecule has 0 bridgehead atoms. The molecule has 2 aliphatic rings. The highest BCUT2D eigenvalue weighted by Gasteiger charge is 2.24. The van der Waals surface area contributed by atoms with Gasteiger partial charge in [-0.1, -0.05) is 19.3 Å². The van der Waals surface area contributed by atoms with Gasteiger partial charge in [0.1, 0.15) is 22.4 Å². The van der Waals surface area contributed by atoms with Crippen molar-refractivity contribution >= 4 is 35.1 Å². The Morgan fingerprint density at radius 1 is 1.23 bits per heavy atom. The minimum atomic E-state index is -0.908. The summed E-state index contributed by atoms with van der Waals surface area (Å²) in [5.74, 6) is -2.67. The lowest BCUT2D eigenvalue weighted by Crippen LogP contribution is -2.32. The van der Waals surface area contributed by atoms with Crippen LogP contribution in [0, 0.1) is 11.8 Å². The third-order valence-electron chi connectivity index (χ3n) is 6.90. The van der Waals surface area contributed by atoms with Crippen LogP contribution in [0.3, 0.4) is 0 Å². The fourth-order valence-electron chi connectivity index (χ4n) is 4.67.